The minimum atomic E-state index is -0.388. The Morgan fingerprint density at radius 2 is 1.64 bits per heavy atom. The van der Waals surface area contributed by atoms with Crippen molar-refractivity contribution in [3.8, 4) is 11.8 Å². The molecule has 3 unspecified atom stereocenters. The lowest BCUT2D eigenvalue weighted by atomic mass is 9.53. The molecule has 3 atom stereocenters. The topological polar surface area (TPSA) is 17.1 Å². The van der Waals surface area contributed by atoms with Gasteiger partial charge in [-0.25, -0.2) is 0 Å². The van der Waals surface area contributed by atoms with E-state index in [9.17, 15) is 4.79 Å². The molecule has 0 aromatic heterocycles. The molecule has 124 valence electrons. The standard InChI is InChI=1S/C21H34O/c1-18(2,3)11-12-21-15(9-10-16(21)19(4,5)6)13-20(7,8)14-17(21)22/h15-16H,9-10,13-14H2,1-8H3. The van der Waals surface area contributed by atoms with Gasteiger partial charge in [0.25, 0.3) is 0 Å². The lowest BCUT2D eigenvalue weighted by molar-refractivity contribution is -0.139. The van der Waals surface area contributed by atoms with Crippen molar-refractivity contribution in [1.82, 2.24) is 0 Å². The van der Waals surface area contributed by atoms with Crippen molar-refractivity contribution < 1.29 is 4.79 Å². The van der Waals surface area contributed by atoms with Crippen LogP contribution in [0.1, 0.15) is 81.1 Å². The maximum Gasteiger partial charge on any atom is 0.152 e. The number of carbonyl (C=O) groups is 1. The molecule has 0 saturated heterocycles. The second-order valence-corrected chi connectivity index (χ2v) is 10.5. The van der Waals surface area contributed by atoms with Gasteiger partial charge in [-0.2, -0.15) is 0 Å². The highest BCUT2D eigenvalue weighted by atomic mass is 16.1. The van der Waals surface area contributed by atoms with Crippen LogP contribution in [-0.4, -0.2) is 5.78 Å². The molecule has 0 aromatic rings. The molecule has 2 fully saturated rings. The predicted molar refractivity (Wildman–Crippen MR) is 93.4 cm³/mol. The highest BCUT2D eigenvalue weighted by Gasteiger charge is 2.61. The summed E-state index contributed by atoms with van der Waals surface area (Å²) < 4.78 is 0. The first-order valence-electron chi connectivity index (χ1n) is 8.86. The summed E-state index contributed by atoms with van der Waals surface area (Å²) in [5, 5.41) is 0. The summed E-state index contributed by atoms with van der Waals surface area (Å²) in [6, 6.07) is 0. The molecule has 2 aliphatic carbocycles. The smallest absolute Gasteiger partial charge is 0.152 e. The highest BCUT2D eigenvalue weighted by Crippen LogP contribution is 2.61. The van der Waals surface area contributed by atoms with Gasteiger partial charge in [0.1, 0.15) is 0 Å². The third kappa shape index (κ3) is 3.12. The number of rotatable bonds is 0. The maximum absolute atomic E-state index is 13.3. The van der Waals surface area contributed by atoms with Crippen LogP contribution >= 0.6 is 0 Å². The van der Waals surface area contributed by atoms with Gasteiger partial charge in [0.15, 0.2) is 5.78 Å². The van der Waals surface area contributed by atoms with Crippen LogP contribution < -0.4 is 0 Å². The maximum atomic E-state index is 13.3. The van der Waals surface area contributed by atoms with E-state index in [2.05, 4.69) is 67.2 Å². The molecule has 1 heteroatoms. The number of hydrogen-bond donors (Lipinski definition) is 0. The number of ketones is 1. The van der Waals surface area contributed by atoms with Gasteiger partial charge in [-0.05, 0) is 62.7 Å². The SMILES string of the molecule is CC(C)(C)C#CC12C(=O)CC(C)(C)CC1CCC2C(C)(C)C. The molecule has 0 aromatic carbocycles. The van der Waals surface area contributed by atoms with Gasteiger partial charge < -0.3 is 0 Å². The summed E-state index contributed by atoms with van der Waals surface area (Å²) in [5.74, 6) is 8.28. The molecule has 0 heterocycles. The summed E-state index contributed by atoms with van der Waals surface area (Å²) in [5.41, 5.74) is -0.154. The third-order valence-corrected chi connectivity index (χ3v) is 5.59. The fourth-order valence-electron chi connectivity index (χ4n) is 4.78. The second kappa shape index (κ2) is 5.12. The van der Waals surface area contributed by atoms with Gasteiger partial charge in [0, 0.05) is 11.8 Å². The van der Waals surface area contributed by atoms with Crippen LogP contribution in [0.25, 0.3) is 0 Å². The number of hydrogen-bond acceptors (Lipinski definition) is 1. The first kappa shape index (κ1) is 17.6. The molecule has 2 aliphatic rings. The Balaban J connectivity index is 2.55. The van der Waals surface area contributed by atoms with E-state index in [-0.39, 0.29) is 21.7 Å². The van der Waals surface area contributed by atoms with E-state index < -0.39 is 0 Å². The predicted octanol–water partition coefficient (Wildman–Crippen LogP) is 5.48. The molecule has 1 nitrogen and oxygen atoms in total. The Morgan fingerprint density at radius 3 is 2.14 bits per heavy atom. The van der Waals surface area contributed by atoms with Crippen molar-refractivity contribution in [2.75, 3.05) is 0 Å². The first-order chi connectivity index (χ1) is 9.78. The first-order valence-corrected chi connectivity index (χ1v) is 8.86. The Hall–Kier alpha value is -0.770. The molecule has 0 radical (unpaired) electrons. The van der Waals surface area contributed by atoms with Crippen LogP contribution in [0.15, 0.2) is 0 Å². The van der Waals surface area contributed by atoms with Crippen molar-refractivity contribution in [3.63, 3.8) is 0 Å². The summed E-state index contributed by atoms with van der Waals surface area (Å²) in [6.07, 6.45) is 4.14. The fraction of sp³-hybridized carbons (Fsp3) is 0.857. The monoisotopic (exact) mass is 302 g/mol. The Kier molecular flexibility index (Phi) is 4.09. The average molecular weight is 303 g/mol. The van der Waals surface area contributed by atoms with Crippen molar-refractivity contribution >= 4 is 5.78 Å². The minimum Gasteiger partial charge on any atom is -0.298 e. The number of Topliss-reactive ketones (excluding diaryl/α,β-unsaturated/α-hetero) is 1. The molecule has 2 saturated carbocycles. The lowest BCUT2D eigenvalue weighted by Crippen LogP contribution is -2.50. The normalized spacial score (nSPS) is 34.8. The number of fused-ring (bicyclic) bond motifs is 1. The fourth-order valence-corrected chi connectivity index (χ4v) is 4.78. The van der Waals surface area contributed by atoms with E-state index in [0.717, 1.165) is 19.3 Å². The summed E-state index contributed by atoms with van der Waals surface area (Å²) in [7, 11) is 0. The molecule has 0 N–H and O–H groups in total. The van der Waals surface area contributed by atoms with Crippen LogP contribution in [0.2, 0.25) is 0 Å². The van der Waals surface area contributed by atoms with E-state index in [1.807, 2.05) is 0 Å². The van der Waals surface area contributed by atoms with Crippen LogP contribution in [0.4, 0.5) is 0 Å². The van der Waals surface area contributed by atoms with Gasteiger partial charge in [-0.1, -0.05) is 46.5 Å². The van der Waals surface area contributed by atoms with Crippen molar-refractivity contribution in [3.05, 3.63) is 0 Å². The minimum absolute atomic E-state index is 0.0441. The van der Waals surface area contributed by atoms with Crippen molar-refractivity contribution in [2.24, 2.45) is 33.5 Å². The lowest BCUT2D eigenvalue weighted by Gasteiger charge is -2.48. The van der Waals surface area contributed by atoms with Gasteiger partial charge in [-0.3, -0.25) is 4.79 Å². The quantitative estimate of drug-likeness (QED) is 0.541. The van der Waals surface area contributed by atoms with Crippen LogP contribution in [0, 0.1) is 45.3 Å². The highest BCUT2D eigenvalue weighted by molar-refractivity contribution is 5.90. The van der Waals surface area contributed by atoms with Gasteiger partial charge in [0.05, 0.1) is 5.41 Å². The summed E-state index contributed by atoms with van der Waals surface area (Å²) in [6.45, 7) is 17.8. The molecule has 0 bridgehead atoms. The van der Waals surface area contributed by atoms with E-state index >= 15 is 0 Å². The molecular weight excluding hydrogens is 268 g/mol. The van der Waals surface area contributed by atoms with Crippen molar-refractivity contribution in [2.45, 2.75) is 81.1 Å². The largest absolute Gasteiger partial charge is 0.298 e. The van der Waals surface area contributed by atoms with E-state index in [4.69, 9.17) is 0 Å². The Bertz CT molecular complexity index is 515. The van der Waals surface area contributed by atoms with Crippen LogP contribution in [0.3, 0.4) is 0 Å². The summed E-state index contributed by atoms with van der Waals surface area (Å²) in [4.78, 5) is 13.3. The summed E-state index contributed by atoms with van der Waals surface area (Å²) >= 11 is 0. The molecule has 2 rings (SSSR count). The zero-order chi connectivity index (χ0) is 17.0. The van der Waals surface area contributed by atoms with Crippen LogP contribution in [-0.2, 0) is 4.79 Å². The Labute approximate surface area is 137 Å². The molecule has 0 amide bonds. The van der Waals surface area contributed by atoms with Gasteiger partial charge >= 0.3 is 0 Å². The van der Waals surface area contributed by atoms with E-state index in [1.165, 1.54) is 0 Å². The number of carbonyl (C=O) groups excluding carboxylic acids is 1. The molecular formula is C21H34O. The van der Waals surface area contributed by atoms with Crippen molar-refractivity contribution in [1.29, 1.82) is 0 Å². The van der Waals surface area contributed by atoms with Crippen LogP contribution in [0.5, 0.6) is 0 Å². The zero-order valence-electron chi connectivity index (χ0n) is 15.9. The zero-order valence-corrected chi connectivity index (χ0v) is 15.9. The Morgan fingerprint density at radius 1 is 1.05 bits per heavy atom. The van der Waals surface area contributed by atoms with Gasteiger partial charge in [0.2, 0.25) is 0 Å². The molecule has 0 aliphatic heterocycles. The molecule has 0 spiro atoms. The van der Waals surface area contributed by atoms with E-state index in [1.54, 1.807) is 0 Å². The second-order valence-electron chi connectivity index (χ2n) is 10.5. The molecule has 22 heavy (non-hydrogen) atoms. The van der Waals surface area contributed by atoms with E-state index in [0.29, 0.717) is 24.0 Å². The average Bonchev–Trinajstić information content (AvgIpc) is 2.63. The third-order valence-electron chi connectivity index (χ3n) is 5.59. The van der Waals surface area contributed by atoms with Gasteiger partial charge in [-0.15, -0.1) is 0 Å².